The van der Waals surface area contributed by atoms with Crippen LogP contribution in [0.25, 0.3) is 0 Å². The molecular weight excluding hydrogens is 602 g/mol. The van der Waals surface area contributed by atoms with Gasteiger partial charge < -0.3 is 59.5 Å². The second-order valence-corrected chi connectivity index (χ2v) is 10.3. The molecule has 0 aliphatic rings. The van der Waals surface area contributed by atoms with Gasteiger partial charge in [-0.15, -0.1) is 0 Å². The van der Waals surface area contributed by atoms with E-state index in [0.29, 0.717) is 0 Å². The Morgan fingerprint density at radius 1 is 0.667 bits per heavy atom. The second-order valence-electron chi connectivity index (χ2n) is 10.3. The number of nitrogens with one attached hydrogen (secondary N) is 4. The van der Waals surface area contributed by atoms with Gasteiger partial charge in [0.15, 0.2) is 5.96 Å². The van der Waals surface area contributed by atoms with Gasteiger partial charge in [0.2, 0.25) is 29.5 Å². The van der Waals surface area contributed by atoms with Crippen molar-refractivity contribution in [3.63, 3.8) is 0 Å². The Bertz CT molecular complexity index is 1130. The van der Waals surface area contributed by atoms with E-state index >= 15 is 0 Å². The summed E-state index contributed by atoms with van der Waals surface area (Å²) < 4.78 is 0. The van der Waals surface area contributed by atoms with Gasteiger partial charge in [0.1, 0.15) is 24.2 Å². The molecule has 20 nitrogen and oxygen atoms in total. The van der Waals surface area contributed by atoms with Gasteiger partial charge >= 0.3 is 17.9 Å². The summed E-state index contributed by atoms with van der Waals surface area (Å²) in [5.41, 5.74) is 21.5. The topological polar surface area (TPSA) is 362 Å². The molecule has 0 aromatic rings. The molecule has 0 unspecified atom stereocenters. The minimum Gasteiger partial charge on any atom is -0.481 e. The summed E-state index contributed by atoms with van der Waals surface area (Å²) in [7, 11) is 0. The van der Waals surface area contributed by atoms with Crippen LogP contribution in [0.2, 0.25) is 0 Å². The van der Waals surface area contributed by atoms with E-state index in [2.05, 4.69) is 26.3 Å². The number of carbonyl (C=O) groups is 8. The summed E-state index contributed by atoms with van der Waals surface area (Å²) >= 11 is 0. The first-order valence-corrected chi connectivity index (χ1v) is 13.8. The van der Waals surface area contributed by atoms with Crippen LogP contribution in [-0.4, -0.2) is 105 Å². The highest BCUT2D eigenvalue weighted by Gasteiger charge is 2.33. The number of nitrogens with zero attached hydrogens (tertiary/aromatic N) is 1. The normalized spacial score (nSPS) is 14.0. The second kappa shape index (κ2) is 20.0. The van der Waals surface area contributed by atoms with E-state index in [9.17, 15) is 43.5 Å². The van der Waals surface area contributed by atoms with Crippen molar-refractivity contribution in [1.29, 1.82) is 0 Å². The molecule has 0 bridgehead atoms. The van der Waals surface area contributed by atoms with Crippen LogP contribution in [0, 0.1) is 5.92 Å². The van der Waals surface area contributed by atoms with Crippen molar-refractivity contribution >= 4 is 53.4 Å². The number of rotatable bonds is 22. The third kappa shape index (κ3) is 17.0. The van der Waals surface area contributed by atoms with Crippen LogP contribution >= 0.6 is 0 Å². The number of aliphatic imine (C=N–C) groups is 1. The van der Waals surface area contributed by atoms with Crippen molar-refractivity contribution in [3.05, 3.63) is 0 Å². The molecule has 254 valence electrons. The maximum absolute atomic E-state index is 13.4. The summed E-state index contributed by atoms with van der Waals surface area (Å²) in [6.07, 6.45) is -2.26. The fourth-order valence-electron chi connectivity index (χ4n) is 3.71. The van der Waals surface area contributed by atoms with Crippen LogP contribution in [0.3, 0.4) is 0 Å². The highest BCUT2D eigenvalue weighted by atomic mass is 16.4. The number of guanidine groups is 1. The van der Waals surface area contributed by atoms with E-state index < -0.39 is 96.4 Å². The number of carboxylic acids is 3. The van der Waals surface area contributed by atoms with Crippen molar-refractivity contribution in [2.75, 3.05) is 6.54 Å². The zero-order valence-corrected chi connectivity index (χ0v) is 25.0. The molecule has 0 saturated carbocycles. The van der Waals surface area contributed by atoms with Gasteiger partial charge in [-0.05, 0) is 31.6 Å². The predicted molar refractivity (Wildman–Crippen MR) is 156 cm³/mol. The molecule has 0 rings (SSSR count). The first-order chi connectivity index (χ1) is 20.8. The SMILES string of the molecule is CC(C)[C@H](NC(=O)[C@H](CCCN=C(N)N)NC(=O)[C@H](CCC(N)=O)NC(=O)[C@@H](N)CCC(=O)O)C(=O)N[C@@H](CC(=O)O)C(=O)O. The molecule has 0 fully saturated rings. The average Bonchev–Trinajstić information content (AvgIpc) is 2.92. The number of hydrogen-bond donors (Lipinski definition) is 11. The third-order valence-corrected chi connectivity index (χ3v) is 6.14. The molecule has 0 aliphatic carbocycles. The Hall–Kier alpha value is -5.01. The first-order valence-electron chi connectivity index (χ1n) is 13.8. The van der Waals surface area contributed by atoms with Gasteiger partial charge in [-0.2, -0.15) is 0 Å². The number of hydrogen-bond acceptors (Lipinski definition) is 10. The van der Waals surface area contributed by atoms with Crippen LogP contribution in [0.1, 0.15) is 58.8 Å². The van der Waals surface area contributed by atoms with E-state index in [-0.39, 0.29) is 44.6 Å². The lowest BCUT2D eigenvalue weighted by Gasteiger charge is -2.27. The molecule has 0 heterocycles. The van der Waals surface area contributed by atoms with E-state index in [0.717, 1.165) is 0 Å². The molecule has 5 atom stereocenters. The summed E-state index contributed by atoms with van der Waals surface area (Å²) in [5, 5.41) is 36.3. The molecule has 0 aromatic carbocycles. The minimum absolute atomic E-state index is 0.0336. The van der Waals surface area contributed by atoms with Crippen molar-refractivity contribution in [2.24, 2.45) is 33.8 Å². The molecule has 0 saturated heterocycles. The Labute approximate surface area is 258 Å². The Morgan fingerprint density at radius 3 is 1.69 bits per heavy atom. The Kier molecular flexibility index (Phi) is 17.8. The third-order valence-electron chi connectivity index (χ3n) is 6.14. The average molecular weight is 646 g/mol. The molecule has 0 spiro atoms. The number of carbonyl (C=O) groups excluding carboxylic acids is 5. The van der Waals surface area contributed by atoms with Crippen LogP contribution in [-0.2, 0) is 38.4 Å². The van der Waals surface area contributed by atoms with Crippen LogP contribution in [0.4, 0.5) is 0 Å². The number of aliphatic carboxylic acids is 3. The Balaban J connectivity index is 6.04. The maximum atomic E-state index is 13.4. The lowest BCUT2D eigenvalue weighted by Crippen LogP contribution is -2.59. The van der Waals surface area contributed by atoms with Gasteiger partial charge in [-0.25, -0.2) is 4.79 Å². The van der Waals surface area contributed by atoms with Crippen LogP contribution in [0.15, 0.2) is 4.99 Å². The van der Waals surface area contributed by atoms with Crippen molar-refractivity contribution in [2.45, 2.75) is 89.0 Å². The minimum atomic E-state index is -1.79. The number of nitrogens with two attached hydrogens (primary N) is 4. The van der Waals surface area contributed by atoms with Gasteiger partial charge in [-0.1, -0.05) is 13.8 Å². The first kappa shape index (κ1) is 40.0. The van der Waals surface area contributed by atoms with Crippen molar-refractivity contribution < 1.29 is 53.7 Å². The highest BCUT2D eigenvalue weighted by Crippen LogP contribution is 2.08. The summed E-state index contributed by atoms with van der Waals surface area (Å²) in [4.78, 5) is 100. The smallest absolute Gasteiger partial charge is 0.326 e. The number of primary amides is 1. The monoisotopic (exact) mass is 645 g/mol. The number of carboxylic acid groups (broad SMARTS) is 3. The quantitative estimate of drug-likeness (QED) is 0.0301. The summed E-state index contributed by atoms with van der Waals surface area (Å²) in [6.45, 7) is 3.07. The molecule has 20 heteroatoms. The van der Waals surface area contributed by atoms with Gasteiger partial charge in [-0.3, -0.25) is 38.6 Å². The highest BCUT2D eigenvalue weighted by molar-refractivity contribution is 5.96. The lowest BCUT2D eigenvalue weighted by molar-refractivity contribution is -0.147. The van der Waals surface area contributed by atoms with Crippen LogP contribution in [0.5, 0.6) is 0 Å². The molecule has 5 amide bonds. The standard InChI is InChI=1S/C25H43N9O11/c1-11(2)19(23(43)33-15(24(44)45)10-18(38)39)34-22(42)13(4-3-9-30-25(28)29)32-21(41)14(6-7-16(27)35)31-20(40)12(26)5-8-17(36)37/h11-15,19H,3-10,26H2,1-2H3,(H2,27,35)(H,31,40)(H,32,41)(H,33,43)(H,34,42)(H,36,37)(H,38,39)(H,44,45)(H4,28,29,30)/t12-,13-,14-,15-,19-/m0/s1. The predicted octanol–water partition coefficient (Wildman–Crippen LogP) is -4.35. The Morgan fingerprint density at radius 2 is 1.20 bits per heavy atom. The largest absolute Gasteiger partial charge is 0.481 e. The molecular formula is C25H43N9O11. The van der Waals surface area contributed by atoms with E-state index in [4.69, 9.17) is 33.1 Å². The van der Waals surface area contributed by atoms with Crippen LogP contribution < -0.4 is 44.2 Å². The van der Waals surface area contributed by atoms with Gasteiger partial charge in [0.25, 0.3) is 0 Å². The van der Waals surface area contributed by atoms with Gasteiger partial charge in [0.05, 0.1) is 12.5 Å². The zero-order chi connectivity index (χ0) is 34.9. The maximum Gasteiger partial charge on any atom is 0.326 e. The van der Waals surface area contributed by atoms with Crippen molar-refractivity contribution in [3.8, 4) is 0 Å². The van der Waals surface area contributed by atoms with E-state index in [1.165, 1.54) is 13.8 Å². The molecule has 45 heavy (non-hydrogen) atoms. The fourth-order valence-corrected chi connectivity index (χ4v) is 3.71. The van der Waals surface area contributed by atoms with E-state index in [1.54, 1.807) is 0 Å². The molecule has 0 aliphatic heterocycles. The molecule has 15 N–H and O–H groups in total. The molecule has 0 aromatic heterocycles. The summed E-state index contributed by atoms with van der Waals surface area (Å²) in [6, 6.07) is -7.30. The zero-order valence-electron chi connectivity index (χ0n) is 25.0. The molecule has 0 radical (unpaired) electrons. The lowest BCUT2D eigenvalue weighted by atomic mass is 10.0. The van der Waals surface area contributed by atoms with Crippen molar-refractivity contribution in [1.82, 2.24) is 21.3 Å². The summed E-state index contributed by atoms with van der Waals surface area (Å²) in [5.74, 6) is -9.75. The number of amides is 5. The van der Waals surface area contributed by atoms with Gasteiger partial charge in [0, 0.05) is 19.4 Å². The fraction of sp³-hybridized carbons (Fsp3) is 0.640. The van der Waals surface area contributed by atoms with E-state index in [1.807, 2.05) is 0 Å².